The summed E-state index contributed by atoms with van der Waals surface area (Å²) in [5.41, 5.74) is 0.158. The topological polar surface area (TPSA) is 85.8 Å². The molecular formula is C13H13BrN2O5. The highest BCUT2D eigenvalue weighted by atomic mass is 79.9. The molecule has 1 aliphatic rings. The number of methoxy groups -OCH3 is 2. The van der Waals surface area contributed by atoms with E-state index in [-0.39, 0.29) is 30.3 Å². The third kappa shape index (κ3) is 3.05. The number of rotatable bonds is 3. The monoisotopic (exact) mass is 356 g/mol. The van der Waals surface area contributed by atoms with Gasteiger partial charge in [0.15, 0.2) is 0 Å². The molecule has 2 heterocycles. The van der Waals surface area contributed by atoms with Crippen LogP contribution in [0.1, 0.15) is 16.8 Å². The number of halogens is 1. The van der Waals surface area contributed by atoms with Crippen molar-refractivity contribution in [2.24, 2.45) is 5.92 Å². The van der Waals surface area contributed by atoms with E-state index >= 15 is 0 Å². The first-order chi connectivity index (χ1) is 9.97. The van der Waals surface area contributed by atoms with Gasteiger partial charge in [0.2, 0.25) is 5.91 Å². The van der Waals surface area contributed by atoms with Crippen LogP contribution in [-0.4, -0.2) is 43.6 Å². The summed E-state index contributed by atoms with van der Waals surface area (Å²) in [7, 11) is 2.52. The third-order valence-corrected chi connectivity index (χ3v) is 3.59. The molecule has 1 aromatic rings. The molecule has 0 N–H and O–H groups in total. The van der Waals surface area contributed by atoms with Crippen molar-refractivity contribution in [2.45, 2.75) is 6.42 Å². The smallest absolute Gasteiger partial charge is 0.341 e. The summed E-state index contributed by atoms with van der Waals surface area (Å²) in [5, 5.41) is 0. The molecule has 2 rings (SSSR count). The fourth-order valence-corrected chi connectivity index (χ4v) is 2.48. The van der Waals surface area contributed by atoms with Crippen molar-refractivity contribution in [2.75, 3.05) is 25.7 Å². The number of esters is 2. The average Bonchev–Trinajstić information content (AvgIpc) is 2.87. The quantitative estimate of drug-likeness (QED) is 0.755. The van der Waals surface area contributed by atoms with Gasteiger partial charge in [-0.25, -0.2) is 9.78 Å². The van der Waals surface area contributed by atoms with Crippen LogP contribution in [0, 0.1) is 5.92 Å². The van der Waals surface area contributed by atoms with E-state index in [1.807, 2.05) is 0 Å². The summed E-state index contributed by atoms with van der Waals surface area (Å²) in [4.78, 5) is 40.8. The standard InChI is InChI=1S/C13H13BrN2O5/c1-20-12(18)7-3-10(17)16(6-7)11-9(13(19)21-2)4-8(14)5-15-11/h4-5,7H,3,6H2,1-2H3. The molecule has 21 heavy (non-hydrogen) atoms. The van der Waals surface area contributed by atoms with Crippen molar-refractivity contribution in [1.82, 2.24) is 4.98 Å². The second-order valence-corrected chi connectivity index (χ2v) is 5.36. The van der Waals surface area contributed by atoms with E-state index in [4.69, 9.17) is 4.74 Å². The minimum Gasteiger partial charge on any atom is -0.469 e. The lowest BCUT2D eigenvalue weighted by atomic mass is 10.1. The van der Waals surface area contributed by atoms with E-state index < -0.39 is 17.9 Å². The van der Waals surface area contributed by atoms with Gasteiger partial charge in [0.1, 0.15) is 11.4 Å². The van der Waals surface area contributed by atoms with E-state index in [2.05, 4.69) is 25.7 Å². The molecule has 0 bridgehead atoms. The Morgan fingerprint density at radius 1 is 1.38 bits per heavy atom. The molecule has 7 nitrogen and oxygen atoms in total. The fourth-order valence-electron chi connectivity index (χ4n) is 2.14. The number of carbonyl (C=O) groups is 3. The van der Waals surface area contributed by atoms with Crippen LogP contribution >= 0.6 is 15.9 Å². The van der Waals surface area contributed by atoms with Gasteiger partial charge in [-0.2, -0.15) is 0 Å². The average molecular weight is 357 g/mol. The van der Waals surface area contributed by atoms with Crippen LogP contribution < -0.4 is 4.90 Å². The number of pyridine rings is 1. The van der Waals surface area contributed by atoms with E-state index in [0.717, 1.165) is 0 Å². The molecule has 0 aliphatic carbocycles. The van der Waals surface area contributed by atoms with Gasteiger partial charge in [-0.3, -0.25) is 14.5 Å². The van der Waals surface area contributed by atoms with Crippen molar-refractivity contribution in [3.05, 3.63) is 22.3 Å². The van der Waals surface area contributed by atoms with Gasteiger partial charge in [0.25, 0.3) is 0 Å². The number of ether oxygens (including phenoxy) is 2. The van der Waals surface area contributed by atoms with Crippen molar-refractivity contribution in [3.8, 4) is 0 Å². The minimum absolute atomic E-state index is 0.0328. The van der Waals surface area contributed by atoms with Gasteiger partial charge in [-0.1, -0.05) is 0 Å². The molecule has 8 heteroatoms. The van der Waals surface area contributed by atoms with Crippen LogP contribution in [0.15, 0.2) is 16.7 Å². The molecule has 1 saturated heterocycles. The van der Waals surface area contributed by atoms with Gasteiger partial charge in [-0.15, -0.1) is 0 Å². The Labute approximate surface area is 129 Å². The molecule has 1 unspecified atom stereocenters. The number of hydrogen-bond donors (Lipinski definition) is 0. The minimum atomic E-state index is -0.604. The zero-order valence-electron chi connectivity index (χ0n) is 11.5. The lowest BCUT2D eigenvalue weighted by molar-refractivity contribution is -0.145. The highest BCUT2D eigenvalue weighted by Crippen LogP contribution is 2.29. The lowest BCUT2D eigenvalue weighted by Gasteiger charge is -2.18. The van der Waals surface area contributed by atoms with Crippen LogP contribution in [0.5, 0.6) is 0 Å². The number of anilines is 1. The summed E-state index contributed by atoms with van der Waals surface area (Å²) in [5.74, 6) is -1.72. The Bertz CT molecular complexity index is 604. The molecule has 0 saturated carbocycles. The molecule has 112 valence electrons. The largest absolute Gasteiger partial charge is 0.469 e. The Balaban J connectivity index is 2.36. The summed E-state index contributed by atoms with van der Waals surface area (Å²) >= 11 is 3.22. The van der Waals surface area contributed by atoms with Gasteiger partial charge in [0, 0.05) is 23.6 Å². The first kappa shape index (κ1) is 15.4. The zero-order valence-corrected chi connectivity index (χ0v) is 13.0. The SMILES string of the molecule is COC(=O)c1cc(Br)cnc1N1CC(C(=O)OC)CC1=O. The van der Waals surface area contributed by atoms with E-state index in [1.54, 1.807) is 0 Å². The first-order valence-electron chi connectivity index (χ1n) is 6.10. The summed E-state index contributed by atoms with van der Waals surface area (Å²) < 4.78 is 9.93. The molecule has 1 fully saturated rings. The van der Waals surface area contributed by atoms with Crippen LogP contribution in [0.2, 0.25) is 0 Å². The van der Waals surface area contributed by atoms with Gasteiger partial charge in [0.05, 0.1) is 20.1 Å². The highest BCUT2D eigenvalue weighted by Gasteiger charge is 2.38. The van der Waals surface area contributed by atoms with E-state index in [1.165, 1.54) is 31.4 Å². The Hall–Kier alpha value is -1.96. The fraction of sp³-hybridized carbons (Fsp3) is 0.385. The Kier molecular flexibility index (Phi) is 4.56. The van der Waals surface area contributed by atoms with Crippen molar-refractivity contribution in [3.63, 3.8) is 0 Å². The van der Waals surface area contributed by atoms with E-state index in [0.29, 0.717) is 4.47 Å². The van der Waals surface area contributed by atoms with Crippen molar-refractivity contribution >= 4 is 39.6 Å². The molecule has 0 radical (unpaired) electrons. The Morgan fingerprint density at radius 2 is 2.10 bits per heavy atom. The molecule has 1 atom stereocenters. The molecule has 0 aromatic carbocycles. The Morgan fingerprint density at radius 3 is 2.71 bits per heavy atom. The van der Waals surface area contributed by atoms with E-state index in [9.17, 15) is 14.4 Å². The van der Waals surface area contributed by atoms with Crippen molar-refractivity contribution in [1.29, 1.82) is 0 Å². The maximum Gasteiger partial charge on any atom is 0.341 e. The number of aromatic nitrogens is 1. The van der Waals surface area contributed by atoms with Crippen LogP contribution in [0.25, 0.3) is 0 Å². The summed E-state index contributed by atoms with van der Waals surface area (Å²) in [6.45, 7) is 0.129. The van der Waals surface area contributed by atoms with Crippen LogP contribution in [0.4, 0.5) is 5.82 Å². The van der Waals surface area contributed by atoms with Gasteiger partial charge in [-0.05, 0) is 22.0 Å². The zero-order chi connectivity index (χ0) is 15.6. The molecular weight excluding hydrogens is 344 g/mol. The second-order valence-electron chi connectivity index (χ2n) is 4.44. The molecule has 1 aromatic heterocycles. The first-order valence-corrected chi connectivity index (χ1v) is 6.89. The predicted molar refractivity (Wildman–Crippen MR) is 75.8 cm³/mol. The maximum atomic E-state index is 12.1. The summed E-state index contributed by atoms with van der Waals surface area (Å²) in [6, 6.07) is 1.52. The maximum absolute atomic E-state index is 12.1. The molecule has 1 aliphatic heterocycles. The molecule has 0 spiro atoms. The number of nitrogens with zero attached hydrogens (tertiary/aromatic N) is 2. The van der Waals surface area contributed by atoms with Gasteiger partial charge >= 0.3 is 11.9 Å². The third-order valence-electron chi connectivity index (χ3n) is 3.15. The number of hydrogen-bond acceptors (Lipinski definition) is 6. The van der Waals surface area contributed by atoms with Crippen LogP contribution in [0.3, 0.4) is 0 Å². The highest BCUT2D eigenvalue weighted by molar-refractivity contribution is 9.10. The van der Waals surface area contributed by atoms with Crippen LogP contribution in [-0.2, 0) is 19.1 Å². The lowest BCUT2D eigenvalue weighted by Crippen LogP contribution is -2.29. The van der Waals surface area contributed by atoms with Gasteiger partial charge < -0.3 is 9.47 Å². The molecule has 1 amide bonds. The summed E-state index contributed by atoms with van der Waals surface area (Å²) in [6.07, 6.45) is 1.51. The second kappa shape index (κ2) is 6.21. The van der Waals surface area contributed by atoms with Crippen molar-refractivity contribution < 1.29 is 23.9 Å². The number of carbonyl (C=O) groups excluding carboxylic acids is 3. The normalized spacial score (nSPS) is 17.8. The number of amides is 1. The predicted octanol–water partition coefficient (Wildman–Crippen LogP) is 1.16.